The summed E-state index contributed by atoms with van der Waals surface area (Å²) in [5, 5.41) is 2.33. The summed E-state index contributed by atoms with van der Waals surface area (Å²) < 4.78 is 16.6. The predicted molar refractivity (Wildman–Crippen MR) is 255 cm³/mol. The van der Waals surface area contributed by atoms with Crippen LogP contribution in [0.25, 0.3) is 27.6 Å². The van der Waals surface area contributed by atoms with Crippen molar-refractivity contribution in [2.24, 2.45) is 10.9 Å². The number of pyridine rings is 1. The molecular weight excluding hydrogens is 747 g/mol. The van der Waals surface area contributed by atoms with E-state index < -0.39 is 11.1 Å². The van der Waals surface area contributed by atoms with Gasteiger partial charge in [0.2, 0.25) is 5.90 Å². The van der Waals surface area contributed by atoms with Crippen molar-refractivity contribution in [1.82, 2.24) is 9.55 Å². The van der Waals surface area contributed by atoms with Crippen LogP contribution in [0.5, 0.6) is 11.5 Å². The Bertz CT molecular complexity index is 2720. The zero-order valence-electron chi connectivity index (χ0n) is 38.5. The summed E-state index contributed by atoms with van der Waals surface area (Å²) in [5.41, 5.74) is 8.43. The lowest BCUT2D eigenvalue weighted by molar-refractivity contribution is -0.0158. The maximum atomic E-state index is 7.24. The molecule has 0 amide bonds. The Morgan fingerprint density at radius 2 is 1.16 bits per heavy atom. The van der Waals surface area contributed by atoms with Gasteiger partial charge in [0.1, 0.15) is 28.3 Å². The van der Waals surface area contributed by atoms with Crippen molar-refractivity contribution >= 4 is 27.8 Å². The fourth-order valence-corrected chi connectivity index (χ4v) is 9.09. The molecule has 0 aliphatic carbocycles. The molecule has 2 atom stereocenters. The molecule has 0 saturated heterocycles. The summed E-state index contributed by atoms with van der Waals surface area (Å²) in [6.07, 6.45) is 1.89. The lowest BCUT2D eigenvalue weighted by atomic mass is 9.64. The van der Waals surface area contributed by atoms with Crippen LogP contribution in [0.2, 0.25) is 0 Å². The van der Waals surface area contributed by atoms with Crippen LogP contribution in [0.3, 0.4) is 0 Å². The van der Waals surface area contributed by atoms with Gasteiger partial charge in [0.15, 0.2) is 0 Å². The SMILES string of the molecule is CC(C)[C@@]1(C)OC(c2cc(Oc3cc(-n4c5ccc(C(C)(C)C)cc5c5cccnc54)cc(C(C)(C)C)c3)cc(C(C)(C)C)c2)=N[C@]1(C)C(c1ccccc1)c1ccccc1. The molecule has 5 heteroatoms. The van der Waals surface area contributed by atoms with Gasteiger partial charge in [-0.3, -0.25) is 4.57 Å². The minimum atomic E-state index is -0.641. The van der Waals surface area contributed by atoms with Gasteiger partial charge in [0.05, 0.1) is 11.2 Å². The Morgan fingerprint density at radius 3 is 1.74 bits per heavy atom. The van der Waals surface area contributed by atoms with E-state index in [1.807, 2.05) is 12.3 Å². The minimum Gasteiger partial charge on any atom is -0.468 e. The second-order valence-corrected chi connectivity index (χ2v) is 20.9. The first-order valence-corrected chi connectivity index (χ1v) is 22.0. The fraction of sp³-hybridized carbons (Fsp3) is 0.357. The number of fused-ring (bicyclic) bond motifs is 3. The molecule has 1 aliphatic heterocycles. The summed E-state index contributed by atoms with van der Waals surface area (Å²) in [5.74, 6) is 2.25. The molecule has 0 saturated carbocycles. The molecule has 0 radical (unpaired) electrons. The first-order valence-electron chi connectivity index (χ1n) is 22.0. The zero-order chi connectivity index (χ0) is 43.7. The first-order chi connectivity index (χ1) is 28.7. The smallest absolute Gasteiger partial charge is 0.217 e. The van der Waals surface area contributed by atoms with E-state index in [2.05, 4.69) is 216 Å². The van der Waals surface area contributed by atoms with E-state index in [9.17, 15) is 0 Å². The molecule has 0 N–H and O–H groups in total. The van der Waals surface area contributed by atoms with E-state index in [-0.39, 0.29) is 28.1 Å². The van der Waals surface area contributed by atoms with Crippen LogP contribution in [0.1, 0.15) is 129 Å². The summed E-state index contributed by atoms with van der Waals surface area (Å²) in [6, 6.07) is 45.8. The Morgan fingerprint density at radius 1 is 0.590 bits per heavy atom. The number of hydrogen-bond acceptors (Lipinski definition) is 4. The lowest BCUT2D eigenvalue weighted by Gasteiger charge is -2.45. The van der Waals surface area contributed by atoms with Gasteiger partial charge in [-0.2, -0.15) is 0 Å². The Balaban J connectivity index is 1.28. The highest BCUT2D eigenvalue weighted by Crippen LogP contribution is 2.53. The van der Waals surface area contributed by atoms with E-state index in [1.54, 1.807) is 0 Å². The monoisotopic (exact) mass is 809 g/mol. The number of ether oxygens (including phenoxy) is 2. The van der Waals surface area contributed by atoms with E-state index in [1.165, 1.54) is 27.6 Å². The third kappa shape index (κ3) is 7.66. The van der Waals surface area contributed by atoms with Crippen LogP contribution in [0.15, 0.2) is 139 Å². The molecule has 5 nitrogen and oxygen atoms in total. The van der Waals surface area contributed by atoms with Crippen molar-refractivity contribution in [3.63, 3.8) is 0 Å². The van der Waals surface area contributed by atoms with Crippen LogP contribution in [-0.2, 0) is 21.0 Å². The van der Waals surface area contributed by atoms with Crippen molar-refractivity contribution in [2.75, 3.05) is 0 Å². The summed E-state index contributed by atoms with van der Waals surface area (Å²) >= 11 is 0. The number of rotatable bonds is 8. The second-order valence-electron chi connectivity index (χ2n) is 20.9. The molecule has 0 unspecified atom stereocenters. The molecule has 8 rings (SSSR count). The highest BCUT2D eigenvalue weighted by molar-refractivity contribution is 6.08. The van der Waals surface area contributed by atoms with Crippen LogP contribution in [0, 0.1) is 5.92 Å². The molecule has 7 aromatic rings. The van der Waals surface area contributed by atoms with Crippen molar-refractivity contribution in [1.29, 1.82) is 0 Å². The zero-order valence-corrected chi connectivity index (χ0v) is 38.5. The van der Waals surface area contributed by atoms with E-state index in [0.29, 0.717) is 5.90 Å². The van der Waals surface area contributed by atoms with Gasteiger partial charge < -0.3 is 9.47 Å². The maximum absolute atomic E-state index is 7.24. The van der Waals surface area contributed by atoms with Crippen LogP contribution in [-0.4, -0.2) is 26.6 Å². The standard InChI is InChI=1S/C56H63N3O2/c1-36(2)56(13)55(12,49(37-21-16-14-17-22-37)38-23-18-15-19-24-38)58-51(61-56)39-29-41(53(6,7)8)32-44(30-39)60-45-33-42(54(9,10)11)31-43(35-45)59-48-27-26-40(52(3,4)5)34-47(48)46-25-20-28-57-50(46)59/h14-36,49H,1-13H3/t55-,56-/m1/s1. The normalized spacial score (nSPS) is 18.6. The minimum absolute atomic E-state index is 0.0189. The molecule has 0 bridgehead atoms. The van der Waals surface area contributed by atoms with Crippen LogP contribution >= 0.6 is 0 Å². The number of aliphatic imine (C=N–C) groups is 1. The Hall–Kier alpha value is -5.68. The van der Waals surface area contributed by atoms with Gasteiger partial charge >= 0.3 is 0 Å². The van der Waals surface area contributed by atoms with E-state index in [0.717, 1.165) is 44.9 Å². The molecule has 2 aromatic heterocycles. The van der Waals surface area contributed by atoms with Crippen LogP contribution < -0.4 is 4.74 Å². The molecule has 61 heavy (non-hydrogen) atoms. The summed E-state index contributed by atoms with van der Waals surface area (Å²) in [7, 11) is 0. The maximum Gasteiger partial charge on any atom is 0.217 e. The first kappa shape index (κ1) is 42.0. The summed E-state index contributed by atoms with van der Waals surface area (Å²) in [6.45, 7) is 29.3. The molecule has 0 spiro atoms. The summed E-state index contributed by atoms with van der Waals surface area (Å²) in [4.78, 5) is 10.7. The number of nitrogens with zero attached hydrogens (tertiary/aromatic N) is 3. The average Bonchev–Trinajstić information content (AvgIpc) is 3.69. The molecule has 5 aromatic carbocycles. The number of benzene rings is 5. The predicted octanol–water partition coefficient (Wildman–Crippen LogP) is 14.6. The Kier molecular flexibility index (Phi) is 10.4. The highest BCUT2D eigenvalue weighted by atomic mass is 16.5. The number of hydrogen-bond donors (Lipinski definition) is 0. The van der Waals surface area contributed by atoms with Gasteiger partial charge in [-0.25, -0.2) is 9.98 Å². The van der Waals surface area contributed by atoms with Gasteiger partial charge in [-0.05, 0) is 118 Å². The molecule has 0 fully saturated rings. The van der Waals surface area contributed by atoms with Gasteiger partial charge in [-0.1, -0.05) is 143 Å². The largest absolute Gasteiger partial charge is 0.468 e. The van der Waals surface area contributed by atoms with Crippen molar-refractivity contribution in [2.45, 2.75) is 123 Å². The fourth-order valence-electron chi connectivity index (χ4n) is 9.09. The lowest BCUT2D eigenvalue weighted by Crippen LogP contribution is -2.54. The van der Waals surface area contributed by atoms with Crippen molar-refractivity contribution < 1.29 is 9.47 Å². The Labute approximate surface area is 363 Å². The van der Waals surface area contributed by atoms with Gasteiger partial charge in [0.25, 0.3) is 0 Å². The van der Waals surface area contributed by atoms with Gasteiger partial charge in [-0.15, -0.1) is 0 Å². The van der Waals surface area contributed by atoms with Crippen LogP contribution in [0.4, 0.5) is 0 Å². The third-order valence-electron chi connectivity index (χ3n) is 13.2. The quantitative estimate of drug-likeness (QED) is 0.154. The molecule has 314 valence electrons. The molecule has 3 heterocycles. The molecule has 1 aliphatic rings. The topological polar surface area (TPSA) is 48.6 Å². The van der Waals surface area contributed by atoms with Gasteiger partial charge in [0, 0.05) is 34.5 Å². The highest BCUT2D eigenvalue weighted by Gasteiger charge is 2.59. The number of aromatic nitrogens is 2. The van der Waals surface area contributed by atoms with E-state index >= 15 is 0 Å². The molecular formula is C56H63N3O2. The average molecular weight is 810 g/mol. The van der Waals surface area contributed by atoms with Crippen molar-refractivity contribution in [3.8, 4) is 17.2 Å². The van der Waals surface area contributed by atoms with Crippen molar-refractivity contribution in [3.05, 3.63) is 167 Å². The second kappa shape index (κ2) is 15.0. The third-order valence-corrected chi connectivity index (χ3v) is 13.2. The van der Waals surface area contributed by atoms with E-state index in [4.69, 9.17) is 19.5 Å².